The molecular formula is C13H7ClF10N2O4. The monoisotopic (exact) mass is 480 g/mol. The number of rotatable bonds is 6. The van der Waals surface area contributed by atoms with Crippen LogP contribution in [0.2, 0.25) is 0 Å². The Hall–Kier alpha value is -2.52. The number of carboxylic acid groups (broad SMARTS) is 1. The fourth-order valence-electron chi connectivity index (χ4n) is 1.98. The van der Waals surface area contributed by atoms with Gasteiger partial charge in [0.05, 0.1) is 19.3 Å². The summed E-state index contributed by atoms with van der Waals surface area (Å²) in [7, 11) is 0.463. The van der Waals surface area contributed by atoms with Gasteiger partial charge in [-0.2, -0.15) is 43.9 Å². The van der Waals surface area contributed by atoms with Crippen LogP contribution >= 0.6 is 11.6 Å². The van der Waals surface area contributed by atoms with Crippen molar-refractivity contribution in [3.63, 3.8) is 0 Å². The Morgan fingerprint density at radius 1 is 1.00 bits per heavy atom. The lowest BCUT2D eigenvalue weighted by Crippen LogP contribution is -2.43. The Balaban J connectivity index is 4.01. The number of nitrogens with zero attached hydrogens (tertiary/aromatic N) is 1. The molecule has 0 spiro atoms. The number of halogens is 11. The first kappa shape index (κ1) is 25.5. The van der Waals surface area contributed by atoms with Crippen LogP contribution in [0.1, 0.15) is 32.1 Å². The van der Waals surface area contributed by atoms with Crippen molar-refractivity contribution >= 4 is 29.2 Å². The van der Waals surface area contributed by atoms with Crippen molar-refractivity contribution < 1.29 is 63.3 Å². The fraction of sp³-hybridized carbons (Fsp3) is 0.462. The number of pyridine rings is 1. The SMILES string of the molecule is COC(=O)c1c(C(F)(F)Cl)nc(C(F)(F)F)c(C(=O)O)c1NCC(F)(F)C(F)(F)F. The summed E-state index contributed by atoms with van der Waals surface area (Å²) in [6.45, 7) is -2.63. The van der Waals surface area contributed by atoms with Crippen molar-refractivity contribution in [1.82, 2.24) is 4.98 Å². The molecule has 0 fully saturated rings. The second-order valence-corrected chi connectivity index (χ2v) is 5.76. The van der Waals surface area contributed by atoms with E-state index in [1.165, 1.54) is 0 Å². The van der Waals surface area contributed by atoms with Crippen molar-refractivity contribution in [2.45, 2.75) is 23.7 Å². The molecule has 17 heteroatoms. The van der Waals surface area contributed by atoms with Gasteiger partial charge in [-0.3, -0.25) is 0 Å². The maximum absolute atomic E-state index is 13.6. The molecule has 0 aromatic carbocycles. The number of hydrogen-bond donors (Lipinski definition) is 2. The summed E-state index contributed by atoms with van der Waals surface area (Å²) in [5.41, 5.74) is -11.0. The van der Waals surface area contributed by atoms with Gasteiger partial charge in [0, 0.05) is 0 Å². The number of aromatic carboxylic acids is 1. The first-order valence-electron chi connectivity index (χ1n) is 6.98. The number of ether oxygens (including phenoxy) is 1. The highest BCUT2D eigenvalue weighted by molar-refractivity contribution is 6.22. The molecule has 0 saturated heterocycles. The molecule has 170 valence electrons. The van der Waals surface area contributed by atoms with E-state index in [0.717, 1.165) is 5.32 Å². The van der Waals surface area contributed by atoms with Crippen molar-refractivity contribution in [2.24, 2.45) is 0 Å². The summed E-state index contributed by atoms with van der Waals surface area (Å²) in [6.07, 6.45) is -12.1. The van der Waals surface area contributed by atoms with Gasteiger partial charge in [0.15, 0.2) is 5.69 Å². The molecule has 0 atom stereocenters. The van der Waals surface area contributed by atoms with Gasteiger partial charge < -0.3 is 15.2 Å². The topological polar surface area (TPSA) is 88.5 Å². The van der Waals surface area contributed by atoms with Crippen LogP contribution in [0.15, 0.2) is 0 Å². The van der Waals surface area contributed by atoms with E-state index < -0.39 is 70.3 Å². The third kappa shape index (κ3) is 5.14. The van der Waals surface area contributed by atoms with Crippen LogP contribution in [0.25, 0.3) is 0 Å². The van der Waals surface area contributed by atoms with Gasteiger partial charge in [-0.05, 0) is 11.6 Å². The van der Waals surface area contributed by atoms with E-state index >= 15 is 0 Å². The van der Waals surface area contributed by atoms with Gasteiger partial charge in [-0.15, -0.1) is 0 Å². The molecule has 0 aliphatic heterocycles. The summed E-state index contributed by atoms with van der Waals surface area (Å²) in [5, 5.41) is 5.05. The number of carboxylic acids is 1. The Bertz CT molecular complexity index is 848. The van der Waals surface area contributed by atoms with Gasteiger partial charge >= 0.3 is 35.6 Å². The van der Waals surface area contributed by atoms with Crippen LogP contribution in [0.4, 0.5) is 49.6 Å². The zero-order valence-corrected chi connectivity index (χ0v) is 14.7. The maximum atomic E-state index is 13.6. The molecule has 0 aliphatic carbocycles. The summed E-state index contributed by atoms with van der Waals surface area (Å²) in [4.78, 5) is 25.4. The number of nitrogens with one attached hydrogen (secondary N) is 1. The predicted molar refractivity (Wildman–Crippen MR) is 76.8 cm³/mol. The summed E-state index contributed by atoms with van der Waals surface area (Å²) < 4.78 is 134. The van der Waals surface area contributed by atoms with Gasteiger partial charge in [0.2, 0.25) is 0 Å². The zero-order valence-electron chi connectivity index (χ0n) is 14.0. The van der Waals surface area contributed by atoms with Crippen molar-refractivity contribution in [2.75, 3.05) is 19.0 Å². The average molecular weight is 481 g/mol. The molecule has 0 aliphatic rings. The minimum Gasteiger partial charge on any atom is -0.478 e. The standard InChI is InChI=1S/C13H7ClF10N2O4/c1-30-9(29)4-5(25-2-10(15,16)13(22,23)24)3(8(27)28)7(12(19,20)21)26-6(4)11(14,17)18/h2H2,1H3,(H,25,26)(H,27,28). The second kappa shape index (κ2) is 7.96. The normalized spacial score (nSPS) is 13.2. The van der Waals surface area contributed by atoms with E-state index in [0.29, 0.717) is 7.11 Å². The smallest absolute Gasteiger partial charge is 0.455 e. The molecule has 0 unspecified atom stereocenters. The minimum atomic E-state index is -6.27. The fourth-order valence-corrected chi connectivity index (χ4v) is 2.12. The number of methoxy groups -OCH3 is 1. The molecule has 0 saturated carbocycles. The Labute approximate surface area is 163 Å². The van der Waals surface area contributed by atoms with Crippen LogP contribution in [-0.4, -0.2) is 47.8 Å². The number of aromatic nitrogens is 1. The molecular weight excluding hydrogens is 474 g/mol. The van der Waals surface area contributed by atoms with Gasteiger partial charge in [0.1, 0.15) is 16.8 Å². The lowest BCUT2D eigenvalue weighted by atomic mass is 10.0. The van der Waals surface area contributed by atoms with Crippen LogP contribution in [0.3, 0.4) is 0 Å². The average Bonchev–Trinajstić information content (AvgIpc) is 2.54. The molecule has 6 nitrogen and oxygen atoms in total. The van der Waals surface area contributed by atoms with Gasteiger partial charge in [-0.1, -0.05) is 0 Å². The number of carbonyl (C=O) groups is 2. The molecule has 1 rings (SSSR count). The number of alkyl halides is 11. The third-order valence-electron chi connectivity index (χ3n) is 3.24. The van der Waals surface area contributed by atoms with Crippen LogP contribution in [-0.2, 0) is 16.3 Å². The highest BCUT2D eigenvalue weighted by Crippen LogP contribution is 2.43. The van der Waals surface area contributed by atoms with Crippen molar-refractivity contribution in [1.29, 1.82) is 0 Å². The molecule has 2 N–H and O–H groups in total. The molecule has 0 amide bonds. The quantitative estimate of drug-likeness (QED) is 0.355. The number of hydrogen-bond acceptors (Lipinski definition) is 5. The number of anilines is 1. The Kier molecular flexibility index (Phi) is 6.77. The summed E-state index contributed by atoms with van der Waals surface area (Å²) in [6, 6.07) is 0. The highest BCUT2D eigenvalue weighted by Gasteiger charge is 2.57. The van der Waals surface area contributed by atoms with Gasteiger partial charge in [0.25, 0.3) is 0 Å². The summed E-state index contributed by atoms with van der Waals surface area (Å²) in [5.74, 6) is -10.4. The zero-order chi connectivity index (χ0) is 23.9. The first-order valence-corrected chi connectivity index (χ1v) is 7.36. The Morgan fingerprint density at radius 2 is 1.50 bits per heavy atom. The largest absolute Gasteiger partial charge is 0.478 e. The number of carbonyl (C=O) groups excluding carboxylic acids is 1. The molecule has 0 radical (unpaired) electrons. The van der Waals surface area contributed by atoms with E-state index in [-0.39, 0.29) is 0 Å². The van der Waals surface area contributed by atoms with Crippen molar-refractivity contribution in [3.05, 3.63) is 22.5 Å². The van der Waals surface area contributed by atoms with E-state index in [9.17, 15) is 53.5 Å². The van der Waals surface area contributed by atoms with E-state index in [1.807, 2.05) is 0 Å². The molecule has 1 heterocycles. The lowest BCUT2D eigenvalue weighted by molar-refractivity contribution is -0.275. The predicted octanol–water partition coefficient (Wildman–Crippen LogP) is 4.48. The van der Waals surface area contributed by atoms with E-state index in [2.05, 4.69) is 21.3 Å². The minimum absolute atomic E-state index is 0.463. The molecule has 1 aromatic heterocycles. The Morgan fingerprint density at radius 3 is 1.83 bits per heavy atom. The third-order valence-corrected chi connectivity index (χ3v) is 3.42. The molecule has 0 bridgehead atoms. The van der Waals surface area contributed by atoms with Crippen molar-refractivity contribution in [3.8, 4) is 0 Å². The highest BCUT2D eigenvalue weighted by atomic mass is 35.5. The van der Waals surface area contributed by atoms with Crippen LogP contribution in [0, 0.1) is 0 Å². The van der Waals surface area contributed by atoms with Gasteiger partial charge in [-0.25, -0.2) is 14.6 Å². The maximum Gasteiger partial charge on any atom is 0.455 e. The first-order chi connectivity index (χ1) is 13.3. The second-order valence-electron chi connectivity index (χ2n) is 5.28. The summed E-state index contributed by atoms with van der Waals surface area (Å²) >= 11 is 4.58. The van der Waals surface area contributed by atoms with Crippen LogP contribution in [0.5, 0.6) is 0 Å². The molecule has 1 aromatic rings. The van der Waals surface area contributed by atoms with E-state index in [4.69, 9.17) is 5.11 Å². The lowest BCUT2D eigenvalue weighted by Gasteiger charge is -2.24. The number of esters is 1. The van der Waals surface area contributed by atoms with Crippen LogP contribution < -0.4 is 5.32 Å². The molecule has 30 heavy (non-hydrogen) atoms. The van der Waals surface area contributed by atoms with E-state index in [1.54, 1.807) is 0 Å².